The highest BCUT2D eigenvalue weighted by Crippen LogP contribution is 2.38. The molecule has 0 saturated carbocycles. The molecule has 3 rings (SSSR count). The number of rotatable bonds is 8. The lowest BCUT2D eigenvalue weighted by atomic mass is 9.94. The summed E-state index contributed by atoms with van der Waals surface area (Å²) in [6, 6.07) is 13.7. The molecule has 0 radical (unpaired) electrons. The second-order valence-electron chi connectivity index (χ2n) is 7.41. The highest BCUT2D eigenvalue weighted by molar-refractivity contribution is 5.58. The molecule has 8 heteroatoms. The van der Waals surface area contributed by atoms with Gasteiger partial charge in [0.15, 0.2) is 0 Å². The van der Waals surface area contributed by atoms with Crippen molar-refractivity contribution in [1.29, 1.82) is 0 Å². The second-order valence-corrected chi connectivity index (χ2v) is 7.41. The summed E-state index contributed by atoms with van der Waals surface area (Å²) >= 11 is 0. The molecule has 3 aromatic carbocycles. The summed E-state index contributed by atoms with van der Waals surface area (Å²) in [6.07, 6.45) is -5.85. The molecule has 0 spiro atoms. The van der Waals surface area contributed by atoms with Gasteiger partial charge in [0.1, 0.15) is 23.4 Å². The van der Waals surface area contributed by atoms with Crippen molar-refractivity contribution >= 4 is 5.69 Å². The van der Waals surface area contributed by atoms with Crippen LogP contribution in [-0.4, -0.2) is 26.4 Å². The van der Waals surface area contributed by atoms with Crippen molar-refractivity contribution in [3.63, 3.8) is 0 Å². The second kappa shape index (κ2) is 10.0. The fourth-order valence-corrected chi connectivity index (χ4v) is 3.63. The number of aliphatic hydroxyl groups excluding tert-OH is 1. The van der Waals surface area contributed by atoms with E-state index in [0.717, 1.165) is 17.7 Å². The summed E-state index contributed by atoms with van der Waals surface area (Å²) in [7, 11) is 4.57. The van der Waals surface area contributed by atoms with Crippen LogP contribution in [0.15, 0.2) is 54.6 Å². The normalized spacial score (nSPS) is 12.2. The molecule has 0 heterocycles. The van der Waals surface area contributed by atoms with Crippen molar-refractivity contribution in [3.8, 4) is 17.2 Å². The molecule has 0 aliphatic rings. The van der Waals surface area contributed by atoms with Crippen LogP contribution in [0.4, 0.5) is 18.9 Å². The number of ether oxygens (including phenoxy) is 3. The Hall–Kier alpha value is -3.39. The monoisotopic (exact) mass is 461 g/mol. The van der Waals surface area contributed by atoms with E-state index in [1.165, 1.54) is 20.3 Å². The van der Waals surface area contributed by atoms with Gasteiger partial charge in [-0.1, -0.05) is 12.1 Å². The average molecular weight is 461 g/mol. The standard InChI is InChI=1S/C25H26F3NO4/c1-15-19(6-5-7-22(15)32-3)24(30)20-12-17(25(26,27)28)9-11-21(20)29-14-16-8-10-18(31-2)13-23(16)33-4/h5-13,24,29-30H,14H2,1-4H3. The van der Waals surface area contributed by atoms with Crippen molar-refractivity contribution in [2.24, 2.45) is 0 Å². The fraction of sp³-hybridized carbons (Fsp3) is 0.280. The van der Waals surface area contributed by atoms with Gasteiger partial charge in [-0.05, 0) is 54.4 Å². The lowest BCUT2D eigenvalue weighted by Gasteiger charge is -2.22. The Bertz CT molecular complexity index is 1120. The SMILES string of the molecule is COc1ccc(CNc2ccc(C(F)(F)F)cc2C(O)c2cccc(OC)c2C)c(OC)c1. The zero-order chi connectivity index (χ0) is 24.2. The highest BCUT2D eigenvalue weighted by Gasteiger charge is 2.32. The maximum Gasteiger partial charge on any atom is 0.416 e. The molecule has 3 aromatic rings. The highest BCUT2D eigenvalue weighted by atomic mass is 19.4. The van der Waals surface area contributed by atoms with Crippen molar-refractivity contribution in [2.75, 3.05) is 26.6 Å². The Morgan fingerprint density at radius 1 is 0.879 bits per heavy atom. The predicted molar refractivity (Wildman–Crippen MR) is 120 cm³/mol. The maximum absolute atomic E-state index is 13.4. The summed E-state index contributed by atoms with van der Waals surface area (Å²) in [5.41, 5.74) is 1.51. The Morgan fingerprint density at radius 3 is 2.24 bits per heavy atom. The van der Waals surface area contributed by atoms with Crippen LogP contribution in [0, 0.1) is 6.92 Å². The van der Waals surface area contributed by atoms with Crippen LogP contribution in [0.2, 0.25) is 0 Å². The van der Waals surface area contributed by atoms with Gasteiger partial charge in [-0.2, -0.15) is 13.2 Å². The molecule has 1 atom stereocenters. The molecule has 0 amide bonds. The number of hydrogen-bond donors (Lipinski definition) is 2. The number of hydrogen-bond acceptors (Lipinski definition) is 5. The molecule has 0 aromatic heterocycles. The summed E-state index contributed by atoms with van der Waals surface area (Å²) in [6.45, 7) is 2.01. The smallest absolute Gasteiger partial charge is 0.416 e. The van der Waals surface area contributed by atoms with Gasteiger partial charge in [0, 0.05) is 29.4 Å². The zero-order valence-corrected chi connectivity index (χ0v) is 18.8. The summed E-state index contributed by atoms with van der Waals surface area (Å²) in [5.74, 6) is 1.73. The van der Waals surface area contributed by atoms with Crippen LogP contribution in [0.1, 0.15) is 33.9 Å². The molecule has 5 nitrogen and oxygen atoms in total. The summed E-state index contributed by atoms with van der Waals surface area (Å²) < 4.78 is 56.2. The topological polar surface area (TPSA) is 60.0 Å². The molecule has 0 aliphatic carbocycles. The van der Waals surface area contributed by atoms with Crippen LogP contribution < -0.4 is 19.5 Å². The van der Waals surface area contributed by atoms with E-state index in [2.05, 4.69) is 5.32 Å². The Balaban J connectivity index is 2.01. The summed E-state index contributed by atoms with van der Waals surface area (Å²) in [4.78, 5) is 0. The van der Waals surface area contributed by atoms with E-state index in [4.69, 9.17) is 14.2 Å². The largest absolute Gasteiger partial charge is 0.497 e. The van der Waals surface area contributed by atoms with Gasteiger partial charge in [-0.25, -0.2) is 0 Å². The number of anilines is 1. The van der Waals surface area contributed by atoms with E-state index >= 15 is 0 Å². The number of methoxy groups -OCH3 is 3. The Labute approximate surface area is 190 Å². The van der Waals surface area contributed by atoms with E-state index in [-0.39, 0.29) is 12.1 Å². The van der Waals surface area contributed by atoms with Crippen LogP contribution in [-0.2, 0) is 12.7 Å². The Kier molecular flexibility index (Phi) is 7.38. The lowest BCUT2D eigenvalue weighted by molar-refractivity contribution is -0.137. The van der Waals surface area contributed by atoms with E-state index < -0.39 is 17.8 Å². The number of benzene rings is 3. The quantitative estimate of drug-likeness (QED) is 0.449. The molecule has 176 valence electrons. The maximum atomic E-state index is 13.4. The predicted octanol–water partition coefficient (Wildman–Crippen LogP) is 5.73. The molecule has 33 heavy (non-hydrogen) atoms. The lowest BCUT2D eigenvalue weighted by Crippen LogP contribution is -2.12. The zero-order valence-electron chi connectivity index (χ0n) is 18.8. The minimum atomic E-state index is -4.55. The molecule has 0 saturated heterocycles. The number of halogens is 3. The fourth-order valence-electron chi connectivity index (χ4n) is 3.63. The first-order valence-corrected chi connectivity index (χ1v) is 10.2. The van der Waals surface area contributed by atoms with Crippen LogP contribution in [0.25, 0.3) is 0 Å². The van der Waals surface area contributed by atoms with Crippen molar-refractivity contribution in [1.82, 2.24) is 0 Å². The minimum absolute atomic E-state index is 0.105. The van der Waals surface area contributed by atoms with Crippen molar-refractivity contribution in [3.05, 3.63) is 82.4 Å². The van der Waals surface area contributed by atoms with Crippen molar-refractivity contribution in [2.45, 2.75) is 25.7 Å². The number of alkyl halides is 3. The first-order chi connectivity index (χ1) is 15.7. The van der Waals surface area contributed by atoms with Gasteiger partial charge in [0.25, 0.3) is 0 Å². The van der Waals surface area contributed by atoms with Crippen LogP contribution in [0.3, 0.4) is 0 Å². The average Bonchev–Trinajstić information content (AvgIpc) is 2.81. The summed E-state index contributed by atoms with van der Waals surface area (Å²) in [5, 5.41) is 14.3. The number of nitrogens with one attached hydrogen (secondary N) is 1. The third-order valence-electron chi connectivity index (χ3n) is 5.48. The van der Waals surface area contributed by atoms with E-state index in [9.17, 15) is 18.3 Å². The van der Waals surface area contributed by atoms with Gasteiger partial charge in [0.2, 0.25) is 0 Å². The molecule has 1 unspecified atom stereocenters. The molecular weight excluding hydrogens is 435 g/mol. The first kappa shape index (κ1) is 24.3. The van der Waals surface area contributed by atoms with Gasteiger partial charge in [-0.15, -0.1) is 0 Å². The number of aliphatic hydroxyl groups is 1. The van der Waals surface area contributed by atoms with E-state index in [1.54, 1.807) is 50.4 Å². The minimum Gasteiger partial charge on any atom is -0.497 e. The Morgan fingerprint density at radius 2 is 1.61 bits per heavy atom. The van der Waals surface area contributed by atoms with Crippen molar-refractivity contribution < 1.29 is 32.5 Å². The molecular formula is C25H26F3NO4. The molecule has 0 aliphatic heterocycles. The van der Waals surface area contributed by atoms with Crippen LogP contribution >= 0.6 is 0 Å². The third kappa shape index (κ3) is 5.34. The van der Waals surface area contributed by atoms with Crippen LogP contribution in [0.5, 0.6) is 17.2 Å². The van der Waals surface area contributed by atoms with E-state index in [1.807, 2.05) is 0 Å². The van der Waals surface area contributed by atoms with Gasteiger partial charge < -0.3 is 24.6 Å². The first-order valence-electron chi connectivity index (χ1n) is 10.2. The molecule has 2 N–H and O–H groups in total. The van der Waals surface area contributed by atoms with E-state index in [0.29, 0.717) is 34.1 Å². The third-order valence-corrected chi connectivity index (χ3v) is 5.48. The molecule has 0 fully saturated rings. The molecule has 0 bridgehead atoms. The van der Waals surface area contributed by atoms with Gasteiger partial charge in [-0.3, -0.25) is 0 Å². The van der Waals surface area contributed by atoms with Gasteiger partial charge in [0.05, 0.1) is 26.9 Å². The van der Waals surface area contributed by atoms with Gasteiger partial charge >= 0.3 is 6.18 Å².